The molecule has 1 unspecified atom stereocenters. The van der Waals surface area contributed by atoms with Gasteiger partial charge in [-0.05, 0) is 42.8 Å². The predicted molar refractivity (Wildman–Crippen MR) is 121 cm³/mol. The highest BCUT2D eigenvalue weighted by molar-refractivity contribution is 9.10. The van der Waals surface area contributed by atoms with Gasteiger partial charge in [0.05, 0.1) is 25.6 Å². The van der Waals surface area contributed by atoms with Gasteiger partial charge >= 0.3 is 5.97 Å². The first kappa shape index (κ1) is 23.9. The molecule has 0 bridgehead atoms. The van der Waals surface area contributed by atoms with Crippen molar-refractivity contribution in [3.05, 3.63) is 64.1 Å². The zero-order valence-corrected chi connectivity index (χ0v) is 18.5. The highest BCUT2D eigenvalue weighted by Gasteiger charge is 2.20. The average Bonchev–Trinajstić information content (AvgIpc) is 2.72. The Kier molecular flexibility index (Phi) is 9.01. The summed E-state index contributed by atoms with van der Waals surface area (Å²) < 4.78 is 5.86. The zero-order valence-electron chi connectivity index (χ0n) is 16.9. The summed E-state index contributed by atoms with van der Waals surface area (Å²) in [5.74, 6) is -1.61. The summed E-state index contributed by atoms with van der Waals surface area (Å²) >= 11 is 3.35. The Morgan fingerprint density at radius 3 is 2.52 bits per heavy atom. The van der Waals surface area contributed by atoms with Gasteiger partial charge in [0.2, 0.25) is 5.91 Å². The van der Waals surface area contributed by atoms with Crippen LogP contribution in [0.15, 0.2) is 53.0 Å². The van der Waals surface area contributed by atoms with Crippen molar-refractivity contribution in [2.24, 2.45) is 5.73 Å². The lowest BCUT2D eigenvalue weighted by molar-refractivity contribution is -0.143. The van der Waals surface area contributed by atoms with Gasteiger partial charge in [-0.2, -0.15) is 0 Å². The molecule has 2 aromatic carbocycles. The number of hydrogen-bond donors (Lipinski definition) is 5. The molecular formula is C21H24BrN5O4. The fourth-order valence-corrected chi connectivity index (χ4v) is 3.00. The zero-order chi connectivity index (χ0) is 22.8. The number of carbonyl (C=O) groups excluding carboxylic acids is 3. The van der Waals surface area contributed by atoms with Gasteiger partial charge in [-0.15, -0.1) is 0 Å². The monoisotopic (exact) mass is 489 g/mol. The molecule has 164 valence electrons. The van der Waals surface area contributed by atoms with Crippen LogP contribution in [0.5, 0.6) is 0 Å². The Balaban J connectivity index is 2.00. The van der Waals surface area contributed by atoms with Crippen molar-refractivity contribution in [2.75, 3.05) is 18.5 Å². The number of halogens is 1. The Morgan fingerprint density at radius 2 is 1.87 bits per heavy atom. The van der Waals surface area contributed by atoms with E-state index in [1.165, 1.54) is 6.07 Å². The summed E-state index contributed by atoms with van der Waals surface area (Å²) in [5, 5.41) is 15.1. The third-order valence-corrected chi connectivity index (χ3v) is 4.63. The lowest BCUT2D eigenvalue weighted by atomic mass is 10.0. The second-order valence-electron chi connectivity index (χ2n) is 6.48. The van der Waals surface area contributed by atoms with Gasteiger partial charge in [0.1, 0.15) is 0 Å². The molecule has 0 aliphatic rings. The number of carbonyl (C=O) groups is 3. The molecular weight excluding hydrogens is 466 g/mol. The first-order chi connectivity index (χ1) is 14.8. The Morgan fingerprint density at radius 1 is 1.16 bits per heavy atom. The van der Waals surface area contributed by atoms with Crippen molar-refractivity contribution in [1.29, 1.82) is 5.41 Å². The molecule has 0 aromatic heterocycles. The smallest absolute Gasteiger partial charge is 0.308 e. The molecule has 1 atom stereocenters. The van der Waals surface area contributed by atoms with Gasteiger partial charge in [0.25, 0.3) is 5.91 Å². The molecule has 0 saturated heterocycles. The third kappa shape index (κ3) is 8.09. The van der Waals surface area contributed by atoms with E-state index in [1.54, 1.807) is 37.3 Å². The molecule has 0 fully saturated rings. The van der Waals surface area contributed by atoms with E-state index < -0.39 is 23.8 Å². The van der Waals surface area contributed by atoms with Crippen LogP contribution in [0, 0.1) is 5.41 Å². The summed E-state index contributed by atoms with van der Waals surface area (Å²) in [7, 11) is 0. The molecule has 0 aliphatic heterocycles. The van der Waals surface area contributed by atoms with E-state index in [0.717, 1.165) is 10.0 Å². The maximum absolute atomic E-state index is 12.4. The maximum atomic E-state index is 12.4. The number of rotatable bonds is 9. The van der Waals surface area contributed by atoms with E-state index in [2.05, 4.69) is 31.9 Å². The van der Waals surface area contributed by atoms with Crippen molar-refractivity contribution in [1.82, 2.24) is 10.6 Å². The Hall–Kier alpha value is -3.40. The summed E-state index contributed by atoms with van der Waals surface area (Å²) in [6.07, 6.45) is -0.0338. The van der Waals surface area contributed by atoms with Crippen LogP contribution in [-0.2, 0) is 14.3 Å². The molecule has 0 spiro atoms. The number of benzene rings is 2. The van der Waals surface area contributed by atoms with Crippen LogP contribution in [0.3, 0.4) is 0 Å². The number of hydrogen-bond acceptors (Lipinski definition) is 5. The standard InChI is InChI=1S/C21H24BrN5O4/c1-2-31-19(29)11-17(13-6-8-15(22)9-7-13)27-18(28)12-25-20(30)14-4-3-5-16(10-14)26-21(23)24/h3-10,17H,2,11-12H2,1H3,(H,25,30)(H,27,28)(H4,23,24,26). The molecule has 10 heteroatoms. The Bertz CT molecular complexity index is 949. The van der Waals surface area contributed by atoms with E-state index in [-0.39, 0.29) is 25.5 Å². The molecule has 0 saturated carbocycles. The minimum Gasteiger partial charge on any atom is -0.466 e. The normalized spacial score (nSPS) is 11.2. The minimum atomic E-state index is -0.598. The van der Waals surface area contributed by atoms with E-state index in [1.807, 2.05) is 12.1 Å². The average molecular weight is 490 g/mol. The highest BCUT2D eigenvalue weighted by Crippen LogP contribution is 2.20. The van der Waals surface area contributed by atoms with Crippen LogP contribution >= 0.6 is 15.9 Å². The summed E-state index contributed by atoms with van der Waals surface area (Å²) in [5.41, 5.74) is 6.81. The molecule has 2 aromatic rings. The van der Waals surface area contributed by atoms with Crippen LogP contribution < -0.4 is 21.7 Å². The first-order valence-electron chi connectivity index (χ1n) is 9.48. The number of nitrogens with two attached hydrogens (primary N) is 1. The van der Waals surface area contributed by atoms with Crippen LogP contribution in [0.25, 0.3) is 0 Å². The third-order valence-electron chi connectivity index (χ3n) is 4.10. The summed E-state index contributed by atoms with van der Waals surface area (Å²) in [6.45, 7) is 1.67. The molecule has 6 N–H and O–H groups in total. The molecule has 2 rings (SSSR count). The lowest BCUT2D eigenvalue weighted by Gasteiger charge is -2.19. The topological polar surface area (TPSA) is 146 Å². The van der Waals surface area contributed by atoms with Gasteiger partial charge in [-0.25, -0.2) is 0 Å². The van der Waals surface area contributed by atoms with Crippen LogP contribution in [0.2, 0.25) is 0 Å². The van der Waals surface area contributed by atoms with Gasteiger partial charge < -0.3 is 26.4 Å². The first-order valence-corrected chi connectivity index (χ1v) is 10.3. The number of anilines is 1. The van der Waals surface area contributed by atoms with Crippen molar-refractivity contribution in [3.63, 3.8) is 0 Å². The minimum absolute atomic E-state index is 0.0338. The number of nitrogens with one attached hydrogen (secondary N) is 4. The number of guanidine groups is 1. The molecule has 0 aliphatic carbocycles. The highest BCUT2D eigenvalue weighted by atomic mass is 79.9. The molecule has 2 amide bonds. The second-order valence-corrected chi connectivity index (χ2v) is 7.40. The molecule has 0 heterocycles. The van der Waals surface area contributed by atoms with E-state index in [4.69, 9.17) is 15.9 Å². The van der Waals surface area contributed by atoms with E-state index >= 15 is 0 Å². The largest absolute Gasteiger partial charge is 0.466 e. The van der Waals surface area contributed by atoms with Crippen LogP contribution in [0.1, 0.15) is 35.3 Å². The second kappa shape index (κ2) is 11.7. The Labute approximate surface area is 188 Å². The fraction of sp³-hybridized carbons (Fsp3) is 0.238. The molecule has 9 nitrogen and oxygen atoms in total. The summed E-state index contributed by atoms with van der Waals surface area (Å²) in [4.78, 5) is 36.7. The van der Waals surface area contributed by atoms with Gasteiger partial charge in [-0.3, -0.25) is 19.8 Å². The SMILES string of the molecule is CCOC(=O)CC(NC(=O)CNC(=O)c1cccc(NC(=N)N)c1)c1ccc(Br)cc1. The van der Waals surface area contributed by atoms with Crippen molar-refractivity contribution in [2.45, 2.75) is 19.4 Å². The predicted octanol–water partition coefficient (Wildman–Crippen LogP) is 2.29. The fourth-order valence-electron chi connectivity index (χ4n) is 2.74. The van der Waals surface area contributed by atoms with E-state index in [9.17, 15) is 14.4 Å². The van der Waals surface area contributed by atoms with Crippen molar-refractivity contribution >= 4 is 45.4 Å². The molecule has 31 heavy (non-hydrogen) atoms. The lowest BCUT2D eigenvalue weighted by Crippen LogP contribution is -2.39. The molecule has 0 radical (unpaired) electrons. The quantitative estimate of drug-likeness (QED) is 0.207. The summed E-state index contributed by atoms with van der Waals surface area (Å²) in [6, 6.07) is 13.0. The maximum Gasteiger partial charge on any atom is 0.308 e. The van der Waals surface area contributed by atoms with Gasteiger partial charge in [0, 0.05) is 15.7 Å². The number of esters is 1. The van der Waals surface area contributed by atoms with Crippen LogP contribution in [0.4, 0.5) is 5.69 Å². The van der Waals surface area contributed by atoms with Crippen LogP contribution in [-0.4, -0.2) is 36.9 Å². The van der Waals surface area contributed by atoms with Gasteiger partial charge in [-0.1, -0.05) is 34.1 Å². The van der Waals surface area contributed by atoms with Crippen molar-refractivity contribution in [3.8, 4) is 0 Å². The number of ether oxygens (including phenoxy) is 1. The number of amides is 2. The van der Waals surface area contributed by atoms with Crippen molar-refractivity contribution < 1.29 is 19.1 Å². The van der Waals surface area contributed by atoms with Gasteiger partial charge in [0.15, 0.2) is 5.96 Å². The van der Waals surface area contributed by atoms with E-state index in [0.29, 0.717) is 11.3 Å².